The summed E-state index contributed by atoms with van der Waals surface area (Å²) in [6.07, 6.45) is 0. The van der Waals surface area contributed by atoms with Gasteiger partial charge in [-0.3, -0.25) is 20.4 Å². The third kappa shape index (κ3) is 6.07. The second kappa shape index (κ2) is 9.24. The van der Waals surface area contributed by atoms with Crippen LogP contribution in [0.2, 0.25) is 0 Å². The Hall–Kier alpha value is -2.54. The first-order valence-corrected chi connectivity index (χ1v) is 8.81. The number of nitrogens with one attached hydrogen (secondary N) is 2. The van der Waals surface area contributed by atoms with E-state index in [1.165, 1.54) is 0 Å². The Morgan fingerprint density at radius 3 is 1.81 bits per heavy atom. The molecule has 26 heavy (non-hydrogen) atoms. The predicted octanol–water partition coefficient (Wildman–Crippen LogP) is 2.98. The molecule has 0 spiro atoms. The van der Waals surface area contributed by atoms with Gasteiger partial charge in [0.1, 0.15) is 11.5 Å². The summed E-state index contributed by atoms with van der Waals surface area (Å²) in [5, 5.41) is 0. The Labute approximate surface area is 161 Å². The number of benzene rings is 2. The summed E-state index contributed by atoms with van der Waals surface area (Å²) in [7, 11) is 0. The SMILES string of the molecule is Cc1ccc(OCC(=O)NNC(=O)COc2ccc(Br)c(C)c2)cc1C. The molecule has 2 N–H and O–H groups in total. The molecule has 0 aliphatic carbocycles. The lowest BCUT2D eigenvalue weighted by Gasteiger charge is -2.11. The molecule has 138 valence electrons. The third-order valence-electron chi connectivity index (χ3n) is 3.69. The number of carbonyl (C=O) groups is 2. The van der Waals surface area contributed by atoms with Gasteiger partial charge in [-0.25, -0.2) is 0 Å². The molecule has 0 aliphatic heterocycles. The molecular weight excluding hydrogens is 400 g/mol. The van der Waals surface area contributed by atoms with Crippen molar-refractivity contribution in [3.8, 4) is 11.5 Å². The zero-order valence-corrected chi connectivity index (χ0v) is 16.5. The van der Waals surface area contributed by atoms with E-state index in [4.69, 9.17) is 9.47 Å². The van der Waals surface area contributed by atoms with Crippen molar-refractivity contribution in [1.29, 1.82) is 0 Å². The number of carbonyl (C=O) groups excluding carboxylic acids is 2. The highest BCUT2D eigenvalue weighted by Crippen LogP contribution is 2.21. The molecule has 2 aromatic rings. The maximum absolute atomic E-state index is 11.7. The average molecular weight is 421 g/mol. The van der Waals surface area contributed by atoms with Crippen molar-refractivity contribution < 1.29 is 19.1 Å². The number of hydrazine groups is 1. The number of rotatable bonds is 6. The van der Waals surface area contributed by atoms with E-state index < -0.39 is 11.8 Å². The van der Waals surface area contributed by atoms with Gasteiger partial charge in [0, 0.05) is 4.47 Å². The van der Waals surface area contributed by atoms with E-state index in [9.17, 15) is 9.59 Å². The number of aryl methyl sites for hydroxylation is 3. The van der Waals surface area contributed by atoms with Crippen LogP contribution < -0.4 is 20.3 Å². The van der Waals surface area contributed by atoms with Crippen LogP contribution in [0.3, 0.4) is 0 Å². The predicted molar refractivity (Wildman–Crippen MR) is 102 cm³/mol. The second-order valence-corrected chi connectivity index (χ2v) is 6.69. The second-order valence-electron chi connectivity index (χ2n) is 5.83. The van der Waals surface area contributed by atoms with Gasteiger partial charge >= 0.3 is 0 Å². The summed E-state index contributed by atoms with van der Waals surface area (Å²) in [5.74, 6) is 0.245. The van der Waals surface area contributed by atoms with Crippen LogP contribution in [-0.2, 0) is 9.59 Å². The normalized spacial score (nSPS) is 10.2. The molecule has 0 fully saturated rings. The fourth-order valence-electron chi connectivity index (χ4n) is 2.02. The number of hydrogen-bond acceptors (Lipinski definition) is 4. The van der Waals surface area contributed by atoms with E-state index >= 15 is 0 Å². The molecule has 0 aliphatic rings. The summed E-state index contributed by atoms with van der Waals surface area (Å²) >= 11 is 3.39. The summed E-state index contributed by atoms with van der Waals surface area (Å²) < 4.78 is 11.7. The summed E-state index contributed by atoms with van der Waals surface area (Å²) in [6, 6.07) is 11.0. The Kier molecular flexibility index (Phi) is 7.03. The monoisotopic (exact) mass is 420 g/mol. The maximum atomic E-state index is 11.7. The van der Waals surface area contributed by atoms with Gasteiger partial charge < -0.3 is 9.47 Å². The number of hydrogen-bond donors (Lipinski definition) is 2. The number of ether oxygens (including phenoxy) is 2. The first kappa shape index (κ1) is 19.8. The first-order valence-electron chi connectivity index (χ1n) is 8.02. The van der Waals surface area contributed by atoms with E-state index in [2.05, 4.69) is 26.8 Å². The molecule has 0 radical (unpaired) electrons. The summed E-state index contributed by atoms with van der Waals surface area (Å²) in [6.45, 7) is 5.48. The molecule has 7 heteroatoms. The molecule has 0 saturated heterocycles. The molecule has 2 rings (SSSR count). The van der Waals surface area contributed by atoms with Crippen molar-refractivity contribution in [3.05, 3.63) is 57.6 Å². The van der Waals surface area contributed by atoms with Crippen LogP contribution in [-0.4, -0.2) is 25.0 Å². The van der Waals surface area contributed by atoms with E-state index in [0.717, 1.165) is 21.2 Å². The van der Waals surface area contributed by atoms with Gasteiger partial charge in [0.05, 0.1) is 0 Å². The van der Waals surface area contributed by atoms with Crippen molar-refractivity contribution in [3.63, 3.8) is 0 Å². The highest BCUT2D eigenvalue weighted by molar-refractivity contribution is 9.10. The van der Waals surface area contributed by atoms with Gasteiger partial charge in [0.15, 0.2) is 13.2 Å². The van der Waals surface area contributed by atoms with Gasteiger partial charge in [0.25, 0.3) is 11.8 Å². The van der Waals surface area contributed by atoms with Crippen molar-refractivity contribution in [2.45, 2.75) is 20.8 Å². The molecule has 2 aromatic carbocycles. The minimum atomic E-state index is -0.467. The molecule has 0 aromatic heterocycles. The maximum Gasteiger partial charge on any atom is 0.276 e. The minimum Gasteiger partial charge on any atom is -0.484 e. The molecule has 0 saturated carbocycles. The van der Waals surface area contributed by atoms with Gasteiger partial charge in [-0.05, 0) is 67.8 Å². The fourth-order valence-corrected chi connectivity index (χ4v) is 2.27. The Morgan fingerprint density at radius 2 is 1.31 bits per heavy atom. The van der Waals surface area contributed by atoms with E-state index in [1.807, 2.05) is 45.0 Å². The summed E-state index contributed by atoms with van der Waals surface area (Å²) in [4.78, 5) is 23.5. The molecule has 0 heterocycles. The molecule has 0 atom stereocenters. The molecular formula is C19H21BrN2O4. The van der Waals surface area contributed by atoms with Crippen LogP contribution in [0.4, 0.5) is 0 Å². The third-order valence-corrected chi connectivity index (χ3v) is 4.58. The highest BCUT2D eigenvalue weighted by Gasteiger charge is 2.07. The van der Waals surface area contributed by atoms with Gasteiger partial charge in [-0.1, -0.05) is 22.0 Å². The lowest BCUT2D eigenvalue weighted by atomic mass is 10.1. The number of amides is 2. The van der Waals surface area contributed by atoms with Crippen LogP contribution in [0.5, 0.6) is 11.5 Å². The Morgan fingerprint density at radius 1 is 0.808 bits per heavy atom. The van der Waals surface area contributed by atoms with E-state index in [1.54, 1.807) is 12.1 Å². The molecule has 2 amide bonds. The van der Waals surface area contributed by atoms with Crippen LogP contribution in [0.1, 0.15) is 16.7 Å². The standard InChI is InChI=1S/C19H21BrN2O4/c1-12-4-5-15(8-13(12)2)25-10-18(23)21-22-19(24)11-26-16-6-7-17(20)14(3)9-16/h4-9H,10-11H2,1-3H3,(H,21,23)(H,22,24). The van der Waals surface area contributed by atoms with Gasteiger partial charge in [-0.2, -0.15) is 0 Å². The van der Waals surface area contributed by atoms with Crippen molar-refractivity contribution >= 4 is 27.7 Å². The Bertz CT molecular complexity index is 741. The van der Waals surface area contributed by atoms with Crippen LogP contribution in [0.15, 0.2) is 40.9 Å². The lowest BCUT2D eigenvalue weighted by molar-refractivity contribution is -0.131. The van der Waals surface area contributed by atoms with Crippen LogP contribution in [0, 0.1) is 20.8 Å². The molecule has 0 bridgehead atoms. The van der Waals surface area contributed by atoms with Gasteiger partial charge in [-0.15, -0.1) is 0 Å². The highest BCUT2D eigenvalue weighted by atomic mass is 79.9. The van der Waals surface area contributed by atoms with Crippen molar-refractivity contribution in [2.75, 3.05) is 13.2 Å². The molecule has 6 nitrogen and oxygen atoms in total. The largest absolute Gasteiger partial charge is 0.484 e. The van der Waals surface area contributed by atoms with Crippen LogP contribution >= 0.6 is 15.9 Å². The first-order chi connectivity index (χ1) is 12.3. The van der Waals surface area contributed by atoms with Crippen molar-refractivity contribution in [2.24, 2.45) is 0 Å². The Balaban J connectivity index is 1.70. The van der Waals surface area contributed by atoms with Crippen molar-refractivity contribution in [1.82, 2.24) is 10.9 Å². The smallest absolute Gasteiger partial charge is 0.276 e. The summed E-state index contributed by atoms with van der Waals surface area (Å²) in [5.41, 5.74) is 7.80. The topological polar surface area (TPSA) is 76.7 Å². The van der Waals surface area contributed by atoms with Gasteiger partial charge in [0.2, 0.25) is 0 Å². The molecule has 0 unspecified atom stereocenters. The van der Waals surface area contributed by atoms with E-state index in [-0.39, 0.29) is 13.2 Å². The fraction of sp³-hybridized carbons (Fsp3) is 0.263. The number of halogens is 1. The van der Waals surface area contributed by atoms with E-state index in [0.29, 0.717) is 11.5 Å². The van der Waals surface area contributed by atoms with Crippen LogP contribution in [0.25, 0.3) is 0 Å². The average Bonchev–Trinajstić information content (AvgIpc) is 2.62. The quantitative estimate of drug-likeness (QED) is 0.704. The zero-order chi connectivity index (χ0) is 19.1. The minimum absolute atomic E-state index is 0.199. The lowest BCUT2D eigenvalue weighted by Crippen LogP contribution is -2.45. The zero-order valence-electron chi connectivity index (χ0n) is 14.9.